The Kier molecular flexibility index (Phi) is 2.67. The van der Waals surface area contributed by atoms with Crippen LogP contribution in [0.15, 0.2) is 24.3 Å². The van der Waals surface area contributed by atoms with E-state index >= 15 is 0 Å². The van der Waals surface area contributed by atoms with E-state index in [0.717, 1.165) is 5.57 Å². The Bertz CT molecular complexity index is 469. The maximum atomic E-state index is 11.6. The van der Waals surface area contributed by atoms with Crippen molar-refractivity contribution in [1.29, 1.82) is 0 Å². The van der Waals surface area contributed by atoms with E-state index in [1.165, 1.54) is 0 Å². The number of carbonyl (C=O) groups excluding carboxylic acids is 1. The zero-order valence-corrected chi connectivity index (χ0v) is 11.1. The molecule has 4 nitrogen and oxygen atoms in total. The highest BCUT2D eigenvalue weighted by Crippen LogP contribution is 2.56. The van der Waals surface area contributed by atoms with Gasteiger partial charge in [0.1, 0.15) is 6.10 Å². The quantitative estimate of drug-likeness (QED) is 0.392. The number of esters is 1. The van der Waals surface area contributed by atoms with Crippen LogP contribution < -0.4 is 0 Å². The molecular weight excluding hydrogens is 244 g/mol. The van der Waals surface area contributed by atoms with Gasteiger partial charge in [0.25, 0.3) is 0 Å². The van der Waals surface area contributed by atoms with Crippen molar-refractivity contribution in [3.63, 3.8) is 0 Å². The summed E-state index contributed by atoms with van der Waals surface area (Å²) in [6, 6.07) is 0. The van der Waals surface area contributed by atoms with Crippen molar-refractivity contribution >= 4 is 5.97 Å². The number of hydrogen-bond donors (Lipinski definition) is 2. The molecule has 1 heterocycles. The first-order chi connectivity index (χ1) is 8.84. The van der Waals surface area contributed by atoms with Crippen LogP contribution >= 0.6 is 0 Å². The van der Waals surface area contributed by atoms with Crippen molar-refractivity contribution in [3.8, 4) is 0 Å². The molecule has 0 radical (unpaired) electrons. The molecule has 0 aromatic heterocycles. The number of carbonyl (C=O) groups is 1. The Morgan fingerprint density at radius 3 is 2.68 bits per heavy atom. The molecule has 2 saturated carbocycles. The molecule has 2 aliphatic carbocycles. The molecular formula is C15H20O4. The Hall–Kier alpha value is -1.13. The van der Waals surface area contributed by atoms with Crippen molar-refractivity contribution in [2.75, 3.05) is 0 Å². The fraction of sp³-hybridized carbons (Fsp3) is 0.667. The van der Waals surface area contributed by atoms with Gasteiger partial charge in [0.05, 0.1) is 12.2 Å². The fourth-order valence-corrected chi connectivity index (χ4v) is 4.06. The molecule has 0 aromatic rings. The van der Waals surface area contributed by atoms with Crippen molar-refractivity contribution < 1.29 is 19.7 Å². The SMILES string of the molecule is C=C1C(=O)OC2C[C@]3(C)C(CC12)C(=C)C(O)C[C@H]3O. The zero-order chi connectivity index (χ0) is 13.9. The third kappa shape index (κ3) is 1.63. The molecule has 4 heteroatoms. The molecule has 3 rings (SSSR count). The summed E-state index contributed by atoms with van der Waals surface area (Å²) in [5, 5.41) is 20.3. The predicted octanol–water partition coefficient (Wildman–Crippen LogP) is 1.18. The molecule has 6 atom stereocenters. The van der Waals surface area contributed by atoms with Crippen LogP contribution in [0, 0.1) is 17.3 Å². The lowest BCUT2D eigenvalue weighted by atomic mass is 9.54. The summed E-state index contributed by atoms with van der Waals surface area (Å²) in [5.41, 5.74) is 0.926. The monoisotopic (exact) mass is 264 g/mol. The van der Waals surface area contributed by atoms with E-state index < -0.39 is 12.2 Å². The van der Waals surface area contributed by atoms with Gasteiger partial charge in [-0.15, -0.1) is 0 Å². The van der Waals surface area contributed by atoms with E-state index in [9.17, 15) is 15.0 Å². The maximum Gasteiger partial charge on any atom is 0.334 e. The topological polar surface area (TPSA) is 66.8 Å². The maximum absolute atomic E-state index is 11.6. The second-order valence-electron chi connectivity index (χ2n) is 6.42. The van der Waals surface area contributed by atoms with Gasteiger partial charge in [0, 0.05) is 23.3 Å². The van der Waals surface area contributed by atoms with Crippen LogP contribution in [0.1, 0.15) is 26.2 Å². The third-order valence-electron chi connectivity index (χ3n) is 5.43. The van der Waals surface area contributed by atoms with Gasteiger partial charge in [-0.05, 0) is 24.3 Å². The molecule has 4 unspecified atom stereocenters. The average Bonchev–Trinajstić information content (AvgIpc) is 2.61. The highest BCUT2D eigenvalue weighted by molar-refractivity contribution is 5.90. The fourth-order valence-electron chi connectivity index (χ4n) is 4.06. The van der Waals surface area contributed by atoms with Gasteiger partial charge in [-0.1, -0.05) is 20.1 Å². The Balaban J connectivity index is 1.95. The summed E-state index contributed by atoms with van der Waals surface area (Å²) in [6.45, 7) is 9.82. The normalized spacial score (nSPS) is 49.6. The predicted molar refractivity (Wildman–Crippen MR) is 69.1 cm³/mol. The van der Waals surface area contributed by atoms with Crippen molar-refractivity contribution in [1.82, 2.24) is 0 Å². The summed E-state index contributed by atoms with van der Waals surface area (Å²) in [5.74, 6) is -0.309. The second-order valence-corrected chi connectivity index (χ2v) is 6.42. The van der Waals surface area contributed by atoms with Crippen molar-refractivity contribution in [3.05, 3.63) is 24.3 Å². The number of aliphatic hydroxyl groups is 2. The number of fused-ring (bicyclic) bond motifs is 2. The minimum absolute atomic E-state index is 0.000162. The molecule has 0 spiro atoms. The molecule has 104 valence electrons. The van der Waals surface area contributed by atoms with Gasteiger partial charge in [-0.2, -0.15) is 0 Å². The Morgan fingerprint density at radius 2 is 2.00 bits per heavy atom. The lowest BCUT2D eigenvalue weighted by Crippen LogP contribution is -2.54. The smallest absolute Gasteiger partial charge is 0.334 e. The highest BCUT2D eigenvalue weighted by atomic mass is 16.6. The first kappa shape index (κ1) is 12.9. The molecule has 1 saturated heterocycles. The summed E-state index contributed by atoms with van der Waals surface area (Å²) >= 11 is 0. The largest absolute Gasteiger partial charge is 0.458 e. The lowest BCUT2D eigenvalue weighted by Gasteiger charge is -2.53. The van der Waals surface area contributed by atoms with Gasteiger partial charge >= 0.3 is 5.97 Å². The Morgan fingerprint density at radius 1 is 1.32 bits per heavy atom. The van der Waals surface area contributed by atoms with Crippen molar-refractivity contribution in [2.24, 2.45) is 17.3 Å². The van der Waals surface area contributed by atoms with E-state index in [1.807, 2.05) is 6.92 Å². The zero-order valence-electron chi connectivity index (χ0n) is 11.1. The van der Waals surface area contributed by atoms with E-state index in [-0.39, 0.29) is 29.3 Å². The first-order valence-corrected chi connectivity index (χ1v) is 6.79. The molecule has 1 aliphatic heterocycles. The van der Waals surface area contributed by atoms with E-state index in [0.29, 0.717) is 24.8 Å². The molecule has 3 aliphatic rings. The van der Waals surface area contributed by atoms with Crippen LogP contribution in [0.25, 0.3) is 0 Å². The van der Waals surface area contributed by atoms with Crippen molar-refractivity contribution in [2.45, 2.75) is 44.5 Å². The van der Waals surface area contributed by atoms with Gasteiger partial charge in [0.2, 0.25) is 0 Å². The number of hydrogen-bond acceptors (Lipinski definition) is 4. The standard InChI is InChI=1S/C15H20O4/c1-7-9-4-10-8(2)11(16)5-13(17)15(10,3)6-12(9)19-14(7)18/h9-13,16-17H,1-2,4-6H2,3H3/t9?,10?,11?,12?,13-,15-/m1/s1. The van der Waals surface area contributed by atoms with Crippen LogP contribution in [0.3, 0.4) is 0 Å². The number of ether oxygens (including phenoxy) is 1. The summed E-state index contributed by atoms with van der Waals surface area (Å²) in [4.78, 5) is 11.6. The van der Waals surface area contributed by atoms with E-state index in [2.05, 4.69) is 13.2 Å². The van der Waals surface area contributed by atoms with Gasteiger partial charge in [-0.3, -0.25) is 0 Å². The summed E-state index contributed by atoms with van der Waals surface area (Å²) < 4.78 is 5.36. The van der Waals surface area contributed by atoms with E-state index in [4.69, 9.17) is 4.74 Å². The summed E-state index contributed by atoms with van der Waals surface area (Å²) in [7, 11) is 0. The van der Waals surface area contributed by atoms with Gasteiger partial charge in [-0.25, -0.2) is 4.79 Å². The average molecular weight is 264 g/mol. The van der Waals surface area contributed by atoms with Gasteiger partial charge < -0.3 is 14.9 Å². The van der Waals surface area contributed by atoms with Crippen LogP contribution in [-0.2, 0) is 9.53 Å². The minimum atomic E-state index is -0.657. The van der Waals surface area contributed by atoms with Crippen LogP contribution in [0.5, 0.6) is 0 Å². The molecule has 19 heavy (non-hydrogen) atoms. The van der Waals surface area contributed by atoms with Crippen LogP contribution in [0.2, 0.25) is 0 Å². The Labute approximate surface area is 112 Å². The third-order valence-corrected chi connectivity index (χ3v) is 5.43. The lowest BCUT2D eigenvalue weighted by molar-refractivity contribution is -0.148. The minimum Gasteiger partial charge on any atom is -0.458 e. The highest BCUT2D eigenvalue weighted by Gasteiger charge is 2.57. The molecule has 0 amide bonds. The first-order valence-electron chi connectivity index (χ1n) is 6.79. The number of rotatable bonds is 0. The van der Waals surface area contributed by atoms with Crippen LogP contribution in [0.4, 0.5) is 0 Å². The number of aliphatic hydroxyl groups excluding tert-OH is 2. The van der Waals surface area contributed by atoms with Crippen LogP contribution in [-0.4, -0.2) is 34.5 Å². The van der Waals surface area contributed by atoms with Gasteiger partial charge in [0.15, 0.2) is 0 Å². The van der Waals surface area contributed by atoms with E-state index in [1.54, 1.807) is 0 Å². The molecule has 0 aromatic carbocycles. The molecule has 2 N–H and O–H groups in total. The second kappa shape index (κ2) is 3.93. The summed E-state index contributed by atoms with van der Waals surface area (Å²) in [6.07, 6.45) is 0.179. The molecule has 3 fully saturated rings. The molecule has 0 bridgehead atoms.